The molecule has 0 N–H and O–H groups in total. The van der Waals surface area contributed by atoms with Crippen molar-refractivity contribution in [2.45, 2.75) is 0 Å². The van der Waals surface area contributed by atoms with Crippen LogP contribution in [0.1, 0.15) is 5.56 Å². The van der Waals surface area contributed by atoms with E-state index in [0.717, 1.165) is 16.3 Å². The number of hydrogen-bond donors (Lipinski definition) is 0. The molecule has 2 rings (SSSR count). The largest absolute Gasteiger partial charge is 0.264 e. The summed E-state index contributed by atoms with van der Waals surface area (Å²) in [5.41, 5.74) is 9.02. The van der Waals surface area contributed by atoms with Crippen LogP contribution in [0.5, 0.6) is 0 Å². The molecule has 1 heterocycles. The maximum absolute atomic E-state index is 8.12. The highest BCUT2D eigenvalue weighted by molar-refractivity contribution is 5.87. The summed E-state index contributed by atoms with van der Waals surface area (Å²) in [6.07, 6.45) is 3.53. The van der Waals surface area contributed by atoms with Crippen LogP contribution >= 0.6 is 0 Å². The zero-order chi connectivity index (χ0) is 11.2. The molecule has 0 fully saturated rings. The van der Waals surface area contributed by atoms with Crippen LogP contribution in [0, 0.1) is 11.8 Å². The van der Waals surface area contributed by atoms with Crippen LogP contribution < -0.4 is 0 Å². The Morgan fingerprint density at radius 3 is 3.19 bits per heavy atom. The molecule has 1 aromatic heterocycles. The minimum Gasteiger partial charge on any atom is -0.264 e. The fourth-order valence-corrected chi connectivity index (χ4v) is 1.42. The fourth-order valence-electron chi connectivity index (χ4n) is 1.42. The molecule has 2 aromatic rings. The van der Waals surface area contributed by atoms with Gasteiger partial charge in [-0.25, -0.2) is 0 Å². The third-order valence-electron chi connectivity index (χ3n) is 2.12. The Hall–Kier alpha value is -2.50. The number of fused-ring (bicyclic) bond motifs is 1. The predicted molar refractivity (Wildman–Crippen MR) is 62.6 cm³/mol. The molecule has 0 spiro atoms. The maximum Gasteiger partial charge on any atom is 0.0880 e. The van der Waals surface area contributed by atoms with Gasteiger partial charge in [0.05, 0.1) is 6.54 Å². The monoisotopic (exact) mass is 208 g/mol. The normalized spacial score (nSPS) is 9.00. The van der Waals surface area contributed by atoms with Gasteiger partial charge >= 0.3 is 0 Å². The van der Waals surface area contributed by atoms with E-state index in [1.165, 1.54) is 0 Å². The van der Waals surface area contributed by atoms with Gasteiger partial charge in [0, 0.05) is 28.3 Å². The summed E-state index contributed by atoms with van der Waals surface area (Å²) >= 11 is 0. The van der Waals surface area contributed by atoms with Crippen molar-refractivity contribution in [2.24, 2.45) is 5.11 Å². The SMILES string of the molecule is [N-]=[N+]=NCC#Cc1cccc2ccncc12. The van der Waals surface area contributed by atoms with E-state index in [4.69, 9.17) is 5.53 Å². The Kier molecular flexibility index (Phi) is 3.03. The molecule has 0 aliphatic carbocycles. The van der Waals surface area contributed by atoms with Gasteiger partial charge in [0.2, 0.25) is 0 Å². The summed E-state index contributed by atoms with van der Waals surface area (Å²) in [6, 6.07) is 7.82. The lowest BCUT2D eigenvalue weighted by molar-refractivity contribution is 1.25. The number of nitrogens with zero attached hydrogens (tertiary/aromatic N) is 4. The van der Waals surface area contributed by atoms with Gasteiger partial charge in [-0.3, -0.25) is 4.98 Å². The molecule has 1 aromatic carbocycles. The van der Waals surface area contributed by atoms with Crippen molar-refractivity contribution in [2.75, 3.05) is 6.54 Å². The number of aromatic nitrogens is 1. The fraction of sp³-hybridized carbons (Fsp3) is 0.0833. The number of hydrogen-bond acceptors (Lipinski definition) is 2. The van der Waals surface area contributed by atoms with Crippen LogP contribution in [-0.4, -0.2) is 11.5 Å². The summed E-state index contributed by atoms with van der Waals surface area (Å²) < 4.78 is 0. The number of rotatable bonds is 1. The van der Waals surface area contributed by atoms with Crippen molar-refractivity contribution < 1.29 is 0 Å². The number of pyridine rings is 1. The van der Waals surface area contributed by atoms with Crippen LogP contribution in [0.25, 0.3) is 21.2 Å². The molecule has 16 heavy (non-hydrogen) atoms. The van der Waals surface area contributed by atoms with Gasteiger partial charge in [0.1, 0.15) is 0 Å². The van der Waals surface area contributed by atoms with Gasteiger partial charge in [-0.05, 0) is 23.1 Å². The summed E-state index contributed by atoms with van der Waals surface area (Å²) in [4.78, 5) is 6.71. The van der Waals surface area contributed by atoms with Gasteiger partial charge in [0.25, 0.3) is 0 Å². The Balaban J connectivity index is 2.43. The van der Waals surface area contributed by atoms with Gasteiger partial charge in [-0.2, -0.15) is 0 Å². The standard InChI is InChI=1S/C12H8N4/c13-16-15-7-2-5-10-3-1-4-11-6-8-14-9-12(10)11/h1,3-4,6,8-9H,7H2. The van der Waals surface area contributed by atoms with Gasteiger partial charge < -0.3 is 0 Å². The van der Waals surface area contributed by atoms with Gasteiger partial charge in [0.15, 0.2) is 0 Å². The molecule has 0 bridgehead atoms. The quantitative estimate of drug-likeness (QED) is 0.307. The molecule has 0 aliphatic rings. The highest BCUT2D eigenvalue weighted by atomic mass is 15.1. The van der Waals surface area contributed by atoms with Gasteiger partial charge in [-0.1, -0.05) is 29.1 Å². The average Bonchev–Trinajstić information content (AvgIpc) is 2.35. The second-order valence-electron chi connectivity index (χ2n) is 3.09. The molecule has 0 saturated carbocycles. The van der Waals surface area contributed by atoms with E-state index in [2.05, 4.69) is 26.9 Å². The summed E-state index contributed by atoms with van der Waals surface area (Å²) in [7, 11) is 0. The van der Waals surface area contributed by atoms with Crippen molar-refractivity contribution in [3.8, 4) is 11.8 Å². The lowest BCUT2D eigenvalue weighted by Crippen LogP contribution is -1.81. The Morgan fingerprint density at radius 1 is 1.38 bits per heavy atom. The molecule has 4 nitrogen and oxygen atoms in total. The minimum atomic E-state index is 0.188. The summed E-state index contributed by atoms with van der Waals surface area (Å²) in [5, 5.41) is 5.47. The van der Waals surface area contributed by atoms with E-state index in [-0.39, 0.29) is 6.54 Å². The van der Waals surface area contributed by atoms with Crippen LogP contribution in [0.4, 0.5) is 0 Å². The Labute approximate surface area is 92.6 Å². The molecule has 0 radical (unpaired) electrons. The first kappa shape index (κ1) is 10.0. The van der Waals surface area contributed by atoms with Crippen molar-refractivity contribution >= 4 is 10.8 Å². The molecule has 4 heteroatoms. The molecule has 76 valence electrons. The van der Waals surface area contributed by atoms with Crippen molar-refractivity contribution in [1.82, 2.24) is 4.98 Å². The smallest absolute Gasteiger partial charge is 0.0880 e. The van der Waals surface area contributed by atoms with Crippen molar-refractivity contribution in [1.29, 1.82) is 0 Å². The molecule has 0 saturated heterocycles. The first-order valence-electron chi connectivity index (χ1n) is 4.74. The van der Waals surface area contributed by atoms with Crippen LogP contribution in [0.15, 0.2) is 41.8 Å². The third-order valence-corrected chi connectivity index (χ3v) is 2.12. The van der Waals surface area contributed by atoms with Crippen LogP contribution in [0.3, 0.4) is 0 Å². The molecular weight excluding hydrogens is 200 g/mol. The predicted octanol–water partition coefficient (Wildman–Crippen LogP) is 2.90. The minimum absolute atomic E-state index is 0.188. The molecular formula is C12H8N4. The first-order valence-corrected chi connectivity index (χ1v) is 4.74. The molecule has 0 unspecified atom stereocenters. The zero-order valence-electron chi connectivity index (χ0n) is 8.46. The highest BCUT2D eigenvalue weighted by Gasteiger charge is 1.96. The highest BCUT2D eigenvalue weighted by Crippen LogP contribution is 2.15. The van der Waals surface area contributed by atoms with E-state index in [1.807, 2.05) is 24.3 Å². The van der Waals surface area contributed by atoms with E-state index in [9.17, 15) is 0 Å². The lowest BCUT2D eigenvalue weighted by atomic mass is 10.1. The Bertz CT molecular complexity index is 610. The van der Waals surface area contributed by atoms with Crippen molar-refractivity contribution in [3.05, 3.63) is 52.7 Å². The van der Waals surface area contributed by atoms with E-state index < -0.39 is 0 Å². The van der Waals surface area contributed by atoms with Gasteiger partial charge in [-0.15, -0.1) is 0 Å². The van der Waals surface area contributed by atoms with Crippen molar-refractivity contribution in [3.63, 3.8) is 0 Å². The second-order valence-corrected chi connectivity index (χ2v) is 3.09. The van der Waals surface area contributed by atoms with Crippen LogP contribution in [0.2, 0.25) is 0 Å². The molecule has 0 aliphatic heterocycles. The van der Waals surface area contributed by atoms with E-state index in [1.54, 1.807) is 12.4 Å². The zero-order valence-corrected chi connectivity index (χ0v) is 8.46. The molecule has 0 amide bonds. The average molecular weight is 208 g/mol. The second kappa shape index (κ2) is 4.83. The number of benzene rings is 1. The van der Waals surface area contributed by atoms with Crippen LogP contribution in [-0.2, 0) is 0 Å². The third kappa shape index (κ3) is 2.11. The topological polar surface area (TPSA) is 61.7 Å². The lowest BCUT2D eigenvalue weighted by Gasteiger charge is -1.98. The van der Waals surface area contributed by atoms with E-state index >= 15 is 0 Å². The summed E-state index contributed by atoms with van der Waals surface area (Å²) in [6.45, 7) is 0.188. The van der Waals surface area contributed by atoms with E-state index in [0.29, 0.717) is 0 Å². The first-order chi connectivity index (χ1) is 7.92. The summed E-state index contributed by atoms with van der Waals surface area (Å²) in [5.74, 6) is 5.76. The number of azide groups is 1. The maximum atomic E-state index is 8.12. The Morgan fingerprint density at radius 2 is 2.31 bits per heavy atom. The molecule has 0 atom stereocenters.